The van der Waals surface area contributed by atoms with E-state index >= 15 is 0 Å². The molecule has 0 unspecified atom stereocenters. The van der Waals surface area contributed by atoms with Gasteiger partial charge in [-0.25, -0.2) is 14.8 Å². The van der Waals surface area contributed by atoms with E-state index in [0.717, 1.165) is 0 Å². The maximum atomic E-state index is 13.2. The number of halogens is 2. The number of hydrazone groups is 1. The Labute approximate surface area is 210 Å². The average Bonchev–Trinajstić information content (AvgIpc) is 2.88. The SMILES string of the molecule is COc1cc(C=NNc2nc(-c3ccccc3)c(C#N)c(=O)[nH]2)ccc1OCc1ccc(F)cc1Cl. The molecule has 0 spiro atoms. The predicted molar refractivity (Wildman–Crippen MR) is 135 cm³/mol. The van der Waals surface area contributed by atoms with Crippen LogP contribution >= 0.6 is 11.6 Å². The molecule has 3 aromatic carbocycles. The van der Waals surface area contributed by atoms with E-state index in [1.54, 1.807) is 48.5 Å². The third-order valence-electron chi connectivity index (χ3n) is 5.05. The molecule has 0 aliphatic rings. The number of methoxy groups -OCH3 is 1. The predicted octanol–water partition coefficient (Wildman–Crippen LogP) is 5.13. The molecule has 8 nitrogen and oxygen atoms in total. The lowest BCUT2D eigenvalue weighted by Gasteiger charge is -2.12. The molecule has 0 aliphatic heterocycles. The molecule has 2 N–H and O–H groups in total. The first kappa shape index (κ1) is 24.4. The van der Waals surface area contributed by atoms with Crippen LogP contribution in [-0.4, -0.2) is 23.3 Å². The second-order valence-electron chi connectivity index (χ2n) is 7.42. The average molecular weight is 504 g/mol. The normalized spacial score (nSPS) is 10.7. The van der Waals surface area contributed by atoms with Crippen LogP contribution in [0.5, 0.6) is 11.5 Å². The maximum Gasteiger partial charge on any atom is 0.270 e. The molecule has 1 heterocycles. The van der Waals surface area contributed by atoms with Crippen molar-refractivity contribution in [2.45, 2.75) is 6.61 Å². The lowest BCUT2D eigenvalue weighted by atomic mass is 10.1. The van der Waals surface area contributed by atoms with Gasteiger partial charge in [0.1, 0.15) is 24.1 Å². The molecule has 0 saturated heterocycles. The number of benzene rings is 3. The zero-order valence-corrected chi connectivity index (χ0v) is 19.7. The molecule has 4 aromatic rings. The van der Waals surface area contributed by atoms with E-state index in [-0.39, 0.29) is 28.8 Å². The van der Waals surface area contributed by atoms with Gasteiger partial charge in [0, 0.05) is 11.1 Å². The molecular formula is C26H19ClFN5O3. The molecule has 0 amide bonds. The summed E-state index contributed by atoms with van der Waals surface area (Å²) in [6, 6.07) is 20.1. The van der Waals surface area contributed by atoms with Gasteiger partial charge in [0.15, 0.2) is 11.5 Å². The lowest BCUT2D eigenvalue weighted by Crippen LogP contribution is -2.16. The Kier molecular flexibility index (Phi) is 7.58. The number of H-pyrrole nitrogens is 1. The summed E-state index contributed by atoms with van der Waals surface area (Å²) in [6.45, 7) is 0.131. The van der Waals surface area contributed by atoms with Crippen LogP contribution in [0.1, 0.15) is 16.7 Å². The zero-order chi connectivity index (χ0) is 25.5. The molecule has 1 aromatic heterocycles. The molecule has 10 heteroatoms. The Bertz CT molecular complexity index is 1520. The van der Waals surface area contributed by atoms with E-state index in [0.29, 0.717) is 28.2 Å². The quantitative estimate of drug-likeness (QED) is 0.254. The smallest absolute Gasteiger partial charge is 0.270 e. The fourth-order valence-corrected chi connectivity index (χ4v) is 3.50. The second-order valence-corrected chi connectivity index (χ2v) is 7.83. The van der Waals surface area contributed by atoms with E-state index in [2.05, 4.69) is 20.5 Å². The van der Waals surface area contributed by atoms with Crippen LogP contribution in [-0.2, 0) is 6.61 Å². The minimum absolute atomic E-state index is 0.0807. The van der Waals surface area contributed by atoms with Crippen molar-refractivity contribution in [3.05, 3.63) is 105 Å². The standard InChI is InChI=1S/C26H19ClFN5O3/c1-35-23-11-16(7-10-22(23)36-15-18-8-9-19(28)12-21(18)27)14-30-33-26-31-24(17-5-3-2-4-6-17)20(13-29)25(34)32-26/h2-12,14H,15H2,1H3,(H2,31,32,33,34). The highest BCUT2D eigenvalue weighted by molar-refractivity contribution is 6.31. The number of hydrogen-bond donors (Lipinski definition) is 2. The van der Waals surface area contributed by atoms with Crippen LogP contribution < -0.4 is 20.5 Å². The van der Waals surface area contributed by atoms with Gasteiger partial charge in [-0.2, -0.15) is 10.4 Å². The number of nitrogens with one attached hydrogen (secondary N) is 2. The second kappa shape index (κ2) is 11.2. The first-order chi connectivity index (χ1) is 17.5. The number of ether oxygens (including phenoxy) is 2. The van der Waals surface area contributed by atoms with Crippen LogP contribution in [0.2, 0.25) is 5.02 Å². The fourth-order valence-electron chi connectivity index (χ4n) is 3.28. The summed E-state index contributed by atoms with van der Waals surface area (Å²) in [7, 11) is 1.50. The highest BCUT2D eigenvalue weighted by atomic mass is 35.5. The Balaban J connectivity index is 1.49. The third kappa shape index (κ3) is 5.68. The lowest BCUT2D eigenvalue weighted by molar-refractivity contribution is 0.284. The molecule has 4 rings (SSSR count). The molecule has 180 valence electrons. The molecule has 0 radical (unpaired) electrons. The molecule has 0 atom stereocenters. The van der Waals surface area contributed by atoms with Crippen LogP contribution in [0.3, 0.4) is 0 Å². The number of rotatable bonds is 8. The van der Waals surface area contributed by atoms with Gasteiger partial charge < -0.3 is 9.47 Å². The highest BCUT2D eigenvalue weighted by Gasteiger charge is 2.13. The van der Waals surface area contributed by atoms with E-state index < -0.39 is 11.4 Å². The summed E-state index contributed by atoms with van der Waals surface area (Å²) in [6.07, 6.45) is 1.50. The van der Waals surface area contributed by atoms with Crippen molar-refractivity contribution in [1.29, 1.82) is 5.26 Å². The fraction of sp³-hybridized carbons (Fsp3) is 0.0769. The number of nitrogens with zero attached hydrogens (tertiary/aromatic N) is 3. The molecule has 36 heavy (non-hydrogen) atoms. The van der Waals surface area contributed by atoms with E-state index in [1.165, 1.54) is 25.5 Å². The van der Waals surface area contributed by atoms with Gasteiger partial charge in [-0.15, -0.1) is 0 Å². The summed E-state index contributed by atoms with van der Waals surface area (Å²) >= 11 is 6.05. The van der Waals surface area contributed by atoms with Gasteiger partial charge in [0.05, 0.1) is 24.0 Å². The first-order valence-electron chi connectivity index (χ1n) is 10.6. The van der Waals surface area contributed by atoms with Crippen molar-refractivity contribution in [2.75, 3.05) is 12.5 Å². The van der Waals surface area contributed by atoms with Crippen LogP contribution in [0.15, 0.2) is 76.6 Å². The minimum Gasteiger partial charge on any atom is -0.493 e. The first-order valence-corrected chi connectivity index (χ1v) is 11.0. The Morgan fingerprint density at radius 2 is 1.97 bits per heavy atom. The van der Waals surface area contributed by atoms with Crippen molar-refractivity contribution < 1.29 is 13.9 Å². The number of anilines is 1. The summed E-state index contributed by atoms with van der Waals surface area (Å²) in [5, 5.41) is 13.8. The zero-order valence-electron chi connectivity index (χ0n) is 19.0. The van der Waals surface area contributed by atoms with Crippen LogP contribution in [0, 0.1) is 17.1 Å². The molecular weight excluding hydrogens is 485 g/mol. The van der Waals surface area contributed by atoms with Gasteiger partial charge in [0.25, 0.3) is 5.56 Å². The topological polar surface area (TPSA) is 112 Å². The minimum atomic E-state index is -0.575. The monoisotopic (exact) mass is 503 g/mol. The summed E-state index contributed by atoms with van der Waals surface area (Å²) in [5.74, 6) is 0.578. The van der Waals surface area contributed by atoms with E-state index in [1.807, 2.05) is 12.1 Å². The number of aromatic nitrogens is 2. The molecule has 0 aliphatic carbocycles. The van der Waals surface area contributed by atoms with Crippen molar-refractivity contribution in [3.8, 4) is 28.8 Å². The van der Waals surface area contributed by atoms with Gasteiger partial charge in [-0.05, 0) is 35.9 Å². The molecule has 0 fully saturated rings. The van der Waals surface area contributed by atoms with Crippen molar-refractivity contribution in [3.63, 3.8) is 0 Å². The maximum absolute atomic E-state index is 13.2. The van der Waals surface area contributed by atoms with Crippen LogP contribution in [0.25, 0.3) is 11.3 Å². The highest BCUT2D eigenvalue weighted by Crippen LogP contribution is 2.29. The van der Waals surface area contributed by atoms with Crippen molar-refractivity contribution in [2.24, 2.45) is 5.10 Å². The summed E-state index contributed by atoms with van der Waals surface area (Å²) in [4.78, 5) is 19.2. The Morgan fingerprint density at radius 3 is 2.69 bits per heavy atom. The summed E-state index contributed by atoms with van der Waals surface area (Å²) < 4.78 is 24.4. The van der Waals surface area contributed by atoms with E-state index in [9.17, 15) is 14.4 Å². The van der Waals surface area contributed by atoms with Crippen LogP contribution in [0.4, 0.5) is 10.3 Å². The Hall–Kier alpha value is -4.68. The number of aromatic amines is 1. The number of hydrogen-bond acceptors (Lipinski definition) is 7. The van der Waals surface area contributed by atoms with Gasteiger partial charge in [-0.3, -0.25) is 9.78 Å². The van der Waals surface area contributed by atoms with E-state index in [4.69, 9.17) is 21.1 Å². The van der Waals surface area contributed by atoms with Crippen molar-refractivity contribution in [1.82, 2.24) is 9.97 Å². The van der Waals surface area contributed by atoms with Gasteiger partial charge in [0.2, 0.25) is 5.95 Å². The third-order valence-corrected chi connectivity index (χ3v) is 5.40. The Morgan fingerprint density at radius 1 is 1.17 bits per heavy atom. The van der Waals surface area contributed by atoms with Gasteiger partial charge >= 0.3 is 0 Å². The molecule has 0 bridgehead atoms. The molecule has 0 saturated carbocycles. The summed E-state index contributed by atoms with van der Waals surface area (Å²) in [5.41, 5.74) is 4.21. The number of nitriles is 1. The van der Waals surface area contributed by atoms with Crippen molar-refractivity contribution >= 4 is 23.8 Å². The van der Waals surface area contributed by atoms with Gasteiger partial charge in [-0.1, -0.05) is 48.0 Å². The largest absolute Gasteiger partial charge is 0.493 e.